The van der Waals surface area contributed by atoms with Crippen molar-refractivity contribution in [1.29, 1.82) is 0 Å². The molecular formula is C11H16F3N3. The fourth-order valence-electron chi connectivity index (χ4n) is 2.22. The average Bonchev–Trinajstić information content (AvgIpc) is 2.70. The average molecular weight is 247 g/mol. The van der Waals surface area contributed by atoms with Crippen molar-refractivity contribution < 1.29 is 13.2 Å². The fourth-order valence-corrected chi connectivity index (χ4v) is 2.22. The maximum atomic E-state index is 12.6. The summed E-state index contributed by atoms with van der Waals surface area (Å²) < 4.78 is 39.2. The Balaban J connectivity index is 2.35. The quantitative estimate of drug-likeness (QED) is 0.867. The lowest BCUT2D eigenvalue weighted by molar-refractivity contribution is -0.141. The van der Waals surface area contributed by atoms with Crippen LogP contribution in [0.15, 0.2) is 6.07 Å². The van der Waals surface area contributed by atoms with Crippen molar-refractivity contribution in [3.63, 3.8) is 0 Å². The smallest absolute Gasteiger partial charge is 0.367 e. The Labute approximate surface area is 98.0 Å². The predicted octanol–water partition coefficient (Wildman–Crippen LogP) is 3.45. The van der Waals surface area contributed by atoms with E-state index in [1.165, 1.54) is 4.68 Å². The summed E-state index contributed by atoms with van der Waals surface area (Å²) in [5.41, 5.74) is -0.810. The van der Waals surface area contributed by atoms with Gasteiger partial charge in [0.15, 0.2) is 5.69 Å². The number of hydrogen-bond donors (Lipinski definition) is 1. The minimum absolute atomic E-state index is 0.0623. The Morgan fingerprint density at radius 3 is 2.65 bits per heavy atom. The topological polar surface area (TPSA) is 29.9 Å². The number of hydrogen-bond acceptors (Lipinski definition) is 2. The van der Waals surface area contributed by atoms with Crippen molar-refractivity contribution in [2.24, 2.45) is 0 Å². The van der Waals surface area contributed by atoms with Crippen molar-refractivity contribution in [3.05, 3.63) is 11.8 Å². The Bertz CT molecular complexity index is 397. The van der Waals surface area contributed by atoms with Crippen molar-refractivity contribution in [3.8, 4) is 0 Å². The molecular weight excluding hydrogens is 231 g/mol. The Kier molecular flexibility index (Phi) is 3.05. The molecule has 96 valence electrons. The van der Waals surface area contributed by atoms with Gasteiger partial charge in [0.2, 0.25) is 0 Å². The molecule has 0 spiro atoms. The third-order valence-corrected chi connectivity index (χ3v) is 3.24. The van der Waals surface area contributed by atoms with E-state index >= 15 is 0 Å². The van der Waals surface area contributed by atoms with E-state index in [4.69, 9.17) is 0 Å². The van der Waals surface area contributed by atoms with Gasteiger partial charge in [-0.25, -0.2) is 4.68 Å². The standard InChI is InChI=1S/C11H16F3N3/c1-3-7-5-8(4-2)17-10(15-7)6-9(16-17)11(12,13)14/h6-8,15H,3-5H2,1-2H3. The second-order valence-corrected chi connectivity index (χ2v) is 4.40. The molecule has 0 aromatic carbocycles. The van der Waals surface area contributed by atoms with Gasteiger partial charge >= 0.3 is 6.18 Å². The molecule has 2 atom stereocenters. The summed E-state index contributed by atoms with van der Waals surface area (Å²) in [6, 6.07) is 1.40. The number of alkyl halides is 3. The van der Waals surface area contributed by atoms with Crippen LogP contribution in [-0.4, -0.2) is 15.8 Å². The lowest BCUT2D eigenvalue weighted by Gasteiger charge is -2.31. The summed E-state index contributed by atoms with van der Waals surface area (Å²) in [7, 11) is 0. The monoisotopic (exact) mass is 247 g/mol. The van der Waals surface area contributed by atoms with E-state index in [1.54, 1.807) is 0 Å². The molecule has 2 unspecified atom stereocenters. The van der Waals surface area contributed by atoms with Gasteiger partial charge in [0, 0.05) is 12.1 Å². The van der Waals surface area contributed by atoms with E-state index in [1.807, 2.05) is 13.8 Å². The highest BCUT2D eigenvalue weighted by molar-refractivity contribution is 5.41. The molecule has 2 rings (SSSR count). The number of rotatable bonds is 2. The van der Waals surface area contributed by atoms with Gasteiger partial charge in [0.1, 0.15) is 5.82 Å². The normalized spacial score (nSPS) is 24.3. The van der Waals surface area contributed by atoms with Gasteiger partial charge in [-0.2, -0.15) is 18.3 Å². The zero-order chi connectivity index (χ0) is 12.6. The summed E-state index contributed by atoms with van der Waals surface area (Å²) in [5.74, 6) is 0.488. The number of nitrogens with one attached hydrogen (secondary N) is 1. The third-order valence-electron chi connectivity index (χ3n) is 3.24. The van der Waals surface area contributed by atoms with Crippen molar-refractivity contribution in [2.75, 3.05) is 5.32 Å². The second-order valence-electron chi connectivity index (χ2n) is 4.40. The molecule has 1 aliphatic heterocycles. The SMILES string of the molecule is CCC1CC(CC)n2nc(C(F)(F)F)cc2N1. The van der Waals surface area contributed by atoms with Gasteiger partial charge in [0.05, 0.1) is 6.04 Å². The van der Waals surface area contributed by atoms with E-state index in [0.717, 1.165) is 25.3 Å². The first-order valence-corrected chi connectivity index (χ1v) is 5.89. The van der Waals surface area contributed by atoms with Gasteiger partial charge < -0.3 is 5.32 Å². The number of anilines is 1. The first-order chi connectivity index (χ1) is 7.95. The molecule has 0 saturated heterocycles. The van der Waals surface area contributed by atoms with Crippen LogP contribution < -0.4 is 5.32 Å². The van der Waals surface area contributed by atoms with E-state index in [-0.39, 0.29) is 12.1 Å². The van der Waals surface area contributed by atoms with Crippen LogP contribution in [-0.2, 0) is 6.18 Å². The molecule has 3 nitrogen and oxygen atoms in total. The van der Waals surface area contributed by atoms with Gasteiger partial charge in [-0.05, 0) is 19.3 Å². The van der Waals surface area contributed by atoms with Crippen LogP contribution in [0, 0.1) is 0 Å². The number of halogens is 3. The van der Waals surface area contributed by atoms with E-state index < -0.39 is 11.9 Å². The Morgan fingerprint density at radius 1 is 1.41 bits per heavy atom. The second kappa shape index (κ2) is 4.23. The van der Waals surface area contributed by atoms with Crippen LogP contribution >= 0.6 is 0 Å². The highest BCUT2D eigenvalue weighted by Gasteiger charge is 2.37. The minimum atomic E-state index is -4.37. The van der Waals surface area contributed by atoms with Crippen LogP contribution in [0.2, 0.25) is 0 Å². The molecule has 2 heterocycles. The third kappa shape index (κ3) is 2.25. The minimum Gasteiger partial charge on any atom is -0.367 e. The Hall–Kier alpha value is -1.20. The van der Waals surface area contributed by atoms with Crippen LogP contribution in [0.5, 0.6) is 0 Å². The summed E-state index contributed by atoms with van der Waals surface area (Å²) >= 11 is 0. The summed E-state index contributed by atoms with van der Waals surface area (Å²) in [6.07, 6.45) is -1.84. The van der Waals surface area contributed by atoms with Gasteiger partial charge in [-0.3, -0.25) is 0 Å². The molecule has 0 saturated carbocycles. The van der Waals surface area contributed by atoms with Crippen LogP contribution in [0.4, 0.5) is 19.0 Å². The van der Waals surface area contributed by atoms with Gasteiger partial charge in [-0.15, -0.1) is 0 Å². The predicted molar refractivity (Wildman–Crippen MR) is 58.9 cm³/mol. The largest absolute Gasteiger partial charge is 0.435 e. The maximum Gasteiger partial charge on any atom is 0.435 e. The fraction of sp³-hybridized carbons (Fsp3) is 0.727. The molecule has 0 bridgehead atoms. The van der Waals surface area contributed by atoms with Gasteiger partial charge in [0.25, 0.3) is 0 Å². The molecule has 0 radical (unpaired) electrons. The zero-order valence-corrected chi connectivity index (χ0v) is 9.88. The molecule has 1 N–H and O–H groups in total. The molecule has 6 heteroatoms. The molecule has 1 aliphatic rings. The Morgan fingerprint density at radius 2 is 2.12 bits per heavy atom. The summed E-state index contributed by atoms with van der Waals surface area (Å²) in [6.45, 7) is 4.00. The van der Waals surface area contributed by atoms with E-state index in [0.29, 0.717) is 5.82 Å². The molecule has 0 amide bonds. The number of nitrogens with zero attached hydrogens (tertiary/aromatic N) is 2. The molecule has 1 aromatic heterocycles. The summed E-state index contributed by atoms with van der Waals surface area (Å²) in [5, 5.41) is 6.78. The molecule has 17 heavy (non-hydrogen) atoms. The van der Waals surface area contributed by atoms with Crippen molar-refractivity contribution in [2.45, 2.75) is 51.4 Å². The number of aromatic nitrogens is 2. The number of fused-ring (bicyclic) bond motifs is 1. The molecule has 1 aromatic rings. The van der Waals surface area contributed by atoms with Crippen LogP contribution in [0.3, 0.4) is 0 Å². The highest BCUT2D eigenvalue weighted by atomic mass is 19.4. The van der Waals surface area contributed by atoms with Crippen molar-refractivity contribution in [1.82, 2.24) is 9.78 Å². The van der Waals surface area contributed by atoms with Crippen molar-refractivity contribution >= 4 is 5.82 Å². The van der Waals surface area contributed by atoms with Gasteiger partial charge in [-0.1, -0.05) is 13.8 Å². The highest BCUT2D eigenvalue weighted by Crippen LogP contribution is 2.35. The van der Waals surface area contributed by atoms with Crippen LogP contribution in [0.25, 0.3) is 0 Å². The molecule has 0 aliphatic carbocycles. The van der Waals surface area contributed by atoms with E-state index in [2.05, 4.69) is 10.4 Å². The first kappa shape index (κ1) is 12.3. The first-order valence-electron chi connectivity index (χ1n) is 5.89. The maximum absolute atomic E-state index is 12.6. The zero-order valence-electron chi connectivity index (χ0n) is 9.88. The summed E-state index contributed by atoms with van der Waals surface area (Å²) in [4.78, 5) is 0. The lowest BCUT2D eigenvalue weighted by atomic mass is 10.0. The lowest BCUT2D eigenvalue weighted by Crippen LogP contribution is -2.31. The van der Waals surface area contributed by atoms with E-state index in [9.17, 15) is 13.2 Å². The molecule has 0 fully saturated rings. The van der Waals surface area contributed by atoms with Crippen LogP contribution in [0.1, 0.15) is 44.8 Å².